The number of hydrogen-bond acceptors (Lipinski definition) is 6. The van der Waals surface area contributed by atoms with E-state index in [0.717, 1.165) is 4.68 Å². The summed E-state index contributed by atoms with van der Waals surface area (Å²) < 4.78 is 7.14. The Bertz CT molecular complexity index is 1020. The molecule has 0 bridgehead atoms. The molecule has 3 aromatic rings. The monoisotopic (exact) mass is 438 g/mol. The van der Waals surface area contributed by atoms with E-state index in [-0.39, 0.29) is 10.7 Å². The predicted molar refractivity (Wildman–Crippen MR) is 100 cm³/mol. The van der Waals surface area contributed by atoms with Crippen molar-refractivity contribution >= 4 is 38.9 Å². The van der Waals surface area contributed by atoms with Crippen molar-refractivity contribution in [3.05, 3.63) is 78.5 Å². The fraction of sp³-hybridized carbons (Fsp3) is 0.125. The lowest BCUT2D eigenvalue weighted by molar-refractivity contribution is -0.384. The number of furan rings is 1. The smallest absolute Gasteiger partial charge is 0.292 e. The molecule has 0 aliphatic heterocycles. The Kier molecular flexibility index (Phi) is 5.10. The number of non-ortho nitro benzene ring substituents is 1. The van der Waals surface area contributed by atoms with E-state index in [0.29, 0.717) is 28.3 Å². The molecule has 0 radical (unpaired) electrons. The molecule has 0 saturated carbocycles. The summed E-state index contributed by atoms with van der Waals surface area (Å²) in [5.74, 6) is 0.690. The normalized spacial score (nSPS) is 10.7. The second kappa shape index (κ2) is 7.30. The first-order valence-corrected chi connectivity index (χ1v) is 8.52. The van der Waals surface area contributed by atoms with E-state index in [2.05, 4.69) is 21.0 Å². The van der Waals surface area contributed by atoms with Gasteiger partial charge in [-0.25, -0.2) is 0 Å². The van der Waals surface area contributed by atoms with E-state index in [1.165, 1.54) is 30.5 Å². The summed E-state index contributed by atoms with van der Waals surface area (Å²) in [6.07, 6.45) is 1.46. The van der Waals surface area contributed by atoms with Crippen molar-refractivity contribution in [1.29, 1.82) is 0 Å². The van der Waals surface area contributed by atoms with Gasteiger partial charge in [-0.2, -0.15) is 9.78 Å². The molecule has 0 fully saturated rings. The molecule has 0 N–H and O–H groups in total. The largest absolute Gasteiger partial charge is 0.452 e. The SMILES string of the molecule is CN(Cc1ccc(Br)o1)c1cnn(-c2ccc([N+](=O)[O-])cc2)c(=O)c1Cl. The standard InChI is InChI=1S/C16H12BrClN4O4/c1-20(9-12-6-7-14(17)26-12)13-8-19-21(16(23)15(13)18)10-2-4-11(5-3-10)22(24)25/h2-8H,9H2,1H3. The zero-order valence-corrected chi connectivity index (χ0v) is 15.8. The Morgan fingerprint density at radius 1 is 1.31 bits per heavy atom. The molecule has 0 spiro atoms. The van der Waals surface area contributed by atoms with Crippen LogP contribution in [-0.4, -0.2) is 21.8 Å². The molecular formula is C16H12BrClN4O4. The van der Waals surface area contributed by atoms with Crippen molar-refractivity contribution in [2.24, 2.45) is 0 Å². The average Bonchev–Trinajstić information content (AvgIpc) is 3.02. The highest BCUT2D eigenvalue weighted by Gasteiger charge is 2.16. The second-order valence-corrected chi connectivity index (χ2v) is 6.56. The highest BCUT2D eigenvalue weighted by molar-refractivity contribution is 9.10. The van der Waals surface area contributed by atoms with E-state index < -0.39 is 10.5 Å². The number of nitro groups is 1. The van der Waals surface area contributed by atoms with Crippen LogP contribution in [0.1, 0.15) is 5.76 Å². The molecule has 0 atom stereocenters. The molecule has 0 saturated heterocycles. The van der Waals surface area contributed by atoms with Gasteiger partial charge in [-0.15, -0.1) is 0 Å². The maximum atomic E-state index is 12.5. The van der Waals surface area contributed by atoms with Gasteiger partial charge in [-0.05, 0) is 40.2 Å². The third-order valence-electron chi connectivity index (χ3n) is 3.64. The number of nitrogens with zero attached hydrogens (tertiary/aromatic N) is 4. The summed E-state index contributed by atoms with van der Waals surface area (Å²) in [7, 11) is 1.76. The first-order chi connectivity index (χ1) is 12.4. The fourth-order valence-corrected chi connectivity index (χ4v) is 2.96. The quantitative estimate of drug-likeness (QED) is 0.443. The fourth-order valence-electron chi connectivity index (χ4n) is 2.35. The summed E-state index contributed by atoms with van der Waals surface area (Å²) in [4.78, 5) is 24.5. The Morgan fingerprint density at radius 2 is 2.00 bits per heavy atom. The maximum absolute atomic E-state index is 12.5. The number of nitro benzene ring substituents is 1. The number of anilines is 1. The Labute approximate surface area is 160 Å². The molecule has 134 valence electrons. The zero-order valence-electron chi connectivity index (χ0n) is 13.4. The number of benzene rings is 1. The minimum Gasteiger partial charge on any atom is -0.452 e. The molecule has 10 heteroatoms. The van der Waals surface area contributed by atoms with Crippen molar-refractivity contribution in [1.82, 2.24) is 9.78 Å². The predicted octanol–water partition coefficient (Wildman–Crippen LogP) is 3.79. The van der Waals surface area contributed by atoms with Gasteiger partial charge in [-0.3, -0.25) is 14.9 Å². The molecule has 0 aliphatic rings. The molecule has 1 aromatic carbocycles. The summed E-state index contributed by atoms with van der Waals surface area (Å²) in [5.41, 5.74) is 0.230. The zero-order chi connectivity index (χ0) is 18.8. The summed E-state index contributed by atoms with van der Waals surface area (Å²) in [6.45, 7) is 0.397. The van der Waals surface area contributed by atoms with Crippen LogP contribution in [0.15, 0.2) is 56.5 Å². The van der Waals surface area contributed by atoms with Crippen molar-refractivity contribution in [2.45, 2.75) is 6.54 Å². The molecule has 0 amide bonds. The van der Waals surface area contributed by atoms with Crippen LogP contribution < -0.4 is 10.5 Å². The number of halogens is 2. The van der Waals surface area contributed by atoms with Crippen LogP contribution in [0.2, 0.25) is 5.02 Å². The third kappa shape index (κ3) is 3.63. The van der Waals surface area contributed by atoms with E-state index >= 15 is 0 Å². The molecule has 8 nitrogen and oxygen atoms in total. The summed E-state index contributed by atoms with van der Waals surface area (Å²) in [6, 6.07) is 9.05. The molecule has 2 aromatic heterocycles. The molecule has 2 heterocycles. The summed E-state index contributed by atoms with van der Waals surface area (Å²) >= 11 is 9.47. The van der Waals surface area contributed by atoms with Gasteiger partial charge in [0.2, 0.25) is 0 Å². The van der Waals surface area contributed by atoms with Crippen LogP contribution in [0.25, 0.3) is 5.69 Å². The Morgan fingerprint density at radius 3 is 2.58 bits per heavy atom. The van der Waals surface area contributed by atoms with Gasteiger partial charge in [0.05, 0.1) is 29.0 Å². The minimum atomic E-state index is -0.523. The second-order valence-electron chi connectivity index (χ2n) is 5.40. The van der Waals surface area contributed by atoms with Crippen LogP contribution in [0.4, 0.5) is 11.4 Å². The van der Waals surface area contributed by atoms with Gasteiger partial charge >= 0.3 is 0 Å². The van der Waals surface area contributed by atoms with Crippen molar-refractivity contribution in [3.8, 4) is 5.69 Å². The lowest BCUT2D eigenvalue weighted by Gasteiger charge is -2.19. The summed E-state index contributed by atoms with van der Waals surface area (Å²) in [5, 5.41) is 14.8. The van der Waals surface area contributed by atoms with Crippen molar-refractivity contribution in [3.63, 3.8) is 0 Å². The molecule has 3 rings (SSSR count). The van der Waals surface area contributed by atoms with Crippen molar-refractivity contribution in [2.75, 3.05) is 11.9 Å². The highest BCUT2D eigenvalue weighted by atomic mass is 79.9. The number of hydrogen-bond donors (Lipinski definition) is 0. The van der Waals surface area contributed by atoms with Crippen LogP contribution in [0.3, 0.4) is 0 Å². The Hall–Kier alpha value is -2.65. The van der Waals surface area contributed by atoms with Crippen LogP contribution in [0, 0.1) is 10.1 Å². The highest BCUT2D eigenvalue weighted by Crippen LogP contribution is 2.24. The van der Waals surface area contributed by atoms with Gasteiger partial charge in [0.1, 0.15) is 10.8 Å². The van der Waals surface area contributed by atoms with Crippen molar-refractivity contribution < 1.29 is 9.34 Å². The van der Waals surface area contributed by atoms with Gasteiger partial charge in [0.25, 0.3) is 11.2 Å². The molecule has 0 unspecified atom stereocenters. The lowest BCUT2D eigenvalue weighted by atomic mass is 10.3. The first-order valence-electron chi connectivity index (χ1n) is 7.35. The van der Waals surface area contributed by atoms with Crippen LogP contribution in [-0.2, 0) is 6.54 Å². The Balaban J connectivity index is 1.90. The number of aromatic nitrogens is 2. The van der Waals surface area contributed by atoms with Gasteiger partial charge in [0.15, 0.2) is 4.67 Å². The van der Waals surface area contributed by atoms with E-state index in [4.69, 9.17) is 16.0 Å². The molecular weight excluding hydrogens is 428 g/mol. The van der Waals surface area contributed by atoms with Gasteiger partial charge < -0.3 is 9.32 Å². The maximum Gasteiger partial charge on any atom is 0.292 e. The van der Waals surface area contributed by atoms with Crippen LogP contribution >= 0.6 is 27.5 Å². The third-order valence-corrected chi connectivity index (χ3v) is 4.42. The lowest BCUT2D eigenvalue weighted by Crippen LogP contribution is -2.26. The topological polar surface area (TPSA) is 94.4 Å². The first kappa shape index (κ1) is 18.2. The van der Waals surface area contributed by atoms with E-state index in [9.17, 15) is 14.9 Å². The molecule has 26 heavy (non-hydrogen) atoms. The minimum absolute atomic E-state index is 0.00789. The van der Waals surface area contributed by atoms with E-state index in [1.54, 1.807) is 24.1 Å². The van der Waals surface area contributed by atoms with E-state index in [1.807, 2.05) is 0 Å². The number of rotatable bonds is 5. The van der Waals surface area contributed by atoms with Gasteiger partial charge in [-0.1, -0.05) is 11.6 Å². The van der Waals surface area contributed by atoms with Gasteiger partial charge in [0, 0.05) is 19.2 Å². The molecule has 0 aliphatic carbocycles. The van der Waals surface area contributed by atoms with Crippen LogP contribution in [0.5, 0.6) is 0 Å². The average molecular weight is 440 g/mol.